The third-order valence-electron chi connectivity index (χ3n) is 11.1. The molecule has 37 heavy (non-hydrogen) atoms. The van der Waals surface area contributed by atoms with Crippen LogP contribution in [0.15, 0.2) is 11.6 Å². The van der Waals surface area contributed by atoms with Crippen LogP contribution >= 0.6 is 0 Å². The van der Waals surface area contributed by atoms with E-state index in [-0.39, 0.29) is 0 Å². The molecule has 7 unspecified atom stereocenters. The average molecular weight is 517 g/mol. The second-order valence-electron chi connectivity index (χ2n) is 13.5. The van der Waals surface area contributed by atoms with Crippen molar-refractivity contribution in [3.63, 3.8) is 0 Å². The van der Waals surface area contributed by atoms with Crippen molar-refractivity contribution in [2.75, 3.05) is 0 Å². The quantitative estimate of drug-likeness (QED) is 0.252. The standard InChI is InChI=1S/C27H46.C4H8.3C2H6/c1-19(2)8-6-7-9-21-11-13-24-23-12-10-22-18-20(3)14-16-27(22,5)25(23)15-17-26(21,24)4;1-2-4-3-1;3*1-2/h10,19-21,23-25H,6-9,11-18H2,1-5H3;1-4H2;3*1-2H3. The lowest BCUT2D eigenvalue weighted by molar-refractivity contribution is -0.0450. The first-order chi connectivity index (χ1) is 17.8. The van der Waals surface area contributed by atoms with Gasteiger partial charge in [0.2, 0.25) is 0 Å². The zero-order valence-electron chi connectivity index (χ0n) is 27.9. The van der Waals surface area contributed by atoms with Gasteiger partial charge in [-0.25, -0.2) is 0 Å². The smallest absolute Gasteiger partial charge is 0.00851 e. The molecule has 0 heterocycles. The second kappa shape index (κ2) is 17.4. The summed E-state index contributed by atoms with van der Waals surface area (Å²) in [4.78, 5) is 0. The normalized spacial score (nSPS) is 37.1. The third-order valence-corrected chi connectivity index (χ3v) is 11.1. The summed E-state index contributed by atoms with van der Waals surface area (Å²) in [5.74, 6) is 5.88. The van der Waals surface area contributed by atoms with Crippen molar-refractivity contribution < 1.29 is 0 Å². The lowest BCUT2D eigenvalue weighted by Crippen LogP contribution is -2.49. The molecule has 0 aliphatic heterocycles. The van der Waals surface area contributed by atoms with E-state index in [1.165, 1.54) is 96.3 Å². The van der Waals surface area contributed by atoms with Crippen LogP contribution in [-0.2, 0) is 0 Å². The molecule has 0 N–H and O–H groups in total. The molecule has 0 bridgehead atoms. The minimum Gasteiger partial charge on any atom is -0.0845 e. The van der Waals surface area contributed by atoms with E-state index in [4.69, 9.17) is 0 Å². The fourth-order valence-electron chi connectivity index (χ4n) is 8.62. The van der Waals surface area contributed by atoms with Crippen molar-refractivity contribution in [1.29, 1.82) is 0 Å². The molecular weight excluding hydrogens is 444 g/mol. The largest absolute Gasteiger partial charge is 0.0845 e. The maximum Gasteiger partial charge on any atom is -0.00851 e. The van der Waals surface area contributed by atoms with E-state index in [2.05, 4.69) is 40.7 Å². The van der Waals surface area contributed by atoms with Crippen LogP contribution in [0.25, 0.3) is 0 Å². The van der Waals surface area contributed by atoms with Gasteiger partial charge in [-0.15, -0.1) is 0 Å². The summed E-state index contributed by atoms with van der Waals surface area (Å²) in [5, 5.41) is 0. The molecule has 0 aromatic heterocycles. The van der Waals surface area contributed by atoms with Gasteiger partial charge in [0.25, 0.3) is 0 Å². The fourth-order valence-corrected chi connectivity index (χ4v) is 8.62. The molecule has 220 valence electrons. The second-order valence-corrected chi connectivity index (χ2v) is 13.5. The van der Waals surface area contributed by atoms with Crippen LogP contribution in [0.5, 0.6) is 0 Å². The Morgan fingerprint density at radius 1 is 0.784 bits per heavy atom. The van der Waals surface area contributed by atoms with Crippen LogP contribution in [-0.4, -0.2) is 0 Å². The predicted molar refractivity (Wildman–Crippen MR) is 170 cm³/mol. The lowest BCUT2D eigenvalue weighted by Gasteiger charge is -2.58. The molecule has 4 fully saturated rings. The van der Waals surface area contributed by atoms with Crippen LogP contribution in [0.1, 0.15) is 179 Å². The highest BCUT2D eigenvalue weighted by Crippen LogP contribution is 2.67. The van der Waals surface area contributed by atoms with Gasteiger partial charge in [0.15, 0.2) is 0 Å². The van der Waals surface area contributed by atoms with Crippen molar-refractivity contribution in [3.8, 4) is 0 Å². The number of fused-ring (bicyclic) bond motifs is 5. The molecule has 0 amide bonds. The van der Waals surface area contributed by atoms with Crippen LogP contribution in [0.3, 0.4) is 0 Å². The summed E-state index contributed by atoms with van der Waals surface area (Å²) in [6.45, 7) is 24.6. The Morgan fingerprint density at radius 3 is 1.97 bits per heavy atom. The minimum atomic E-state index is 0.562. The molecule has 5 aliphatic carbocycles. The number of unbranched alkanes of at least 4 members (excludes halogenated alkanes) is 1. The molecule has 0 saturated heterocycles. The van der Waals surface area contributed by atoms with E-state index in [0.29, 0.717) is 10.8 Å². The molecule has 5 aliphatic rings. The Bertz CT molecular complexity index is 606. The molecule has 0 heteroatoms. The van der Waals surface area contributed by atoms with E-state index in [9.17, 15) is 0 Å². The third kappa shape index (κ3) is 8.61. The minimum absolute atomic E-state index is 0.562. The predicted octanol–water partition coefficient (Wildman–Crippen LogP) is 13.1. The maximum atomic E-state index is 2.75. The van der Waals surface area contributed by atoms with Crippen molar-refractivity contribution in [2.45, 2.75) is 179 Å². The highest BCUT2D eigenvalue weighted by molar-refractivity contribution is 5.25. The van der Waals surface area contributed by atoms with E-state index < -0.39 is 0 Å². The van der Waals surface area contributed by atoms with E-state index in [1.807, 2.05) is 47.1 Å². The first-order valence-corrected chi connectivity index (χ1v) is 17.5. The molecule has 0 aromatic rings. The molecule has 0 radical (unpaired) electrons. The van der Waals surface area contributed by atoms with Gasteiger partial charge in [0.1, 0.15) is 0 Å². The Hall–Kier alpha value is -0.260. The Labute approximate surface area is 236 Å². The molecule has 0 spiro atoms. The van der Waals surface area contributed by atoms with Gasteiger partial charge >= 0.3 is 0 Å². The average Bonchev–Trinajstić information content (AvgIpc) is 3.21. The van der Waals surface area contributed by atoms with Crippen molar-refractivity contribution >= 4 is 0 Å². The van der Waals surface area contributed by atoms with Gasteiger partial charge in [-0.05, 0) is 104 Å². The molecular formula is C37H72. The first kappa shape index (κ1) is 34.8. The summed E-state index contributed by atoms with van der Waals surface area (Å²) < 4.78 is 0. The fraction of sp³-hybridized carbons (Fsp3) is 0.946. The van der Waals surface area contributed by atoms with Crippen LogP contribution < -0.4 is 0 Å². The number of rotatable bonds is 5. The van der Waals surface area contributed by atoms with Gasteiger partial charge in [-0.3, -0.25) is 0 Å². The van der Waals surface area contributed by atoms with E-state index in [1.54, 1.807) is 6.42 Å². The van der Waals surface area contributed by atoms with Crippen LogP contribution in [0, 0.1) is 46.3 Å². The molecule has 5 rings (SSSR count). The number of hydrogen-bond acceptors (Lipinski definition) is 0. The van der Waals surface area contributed by atoms with Crippen molar-refractivity contribution in [3.05, 3.63) is 11.6 Å². The number of allylic oxidation sites excluding steroid dienone is 2. The lowest BCUT2D eigenvalue weighted by atomic mass is 9.47. The Kier molecular flexibility index (Phi) is 16.4. The van der Waals surface area contributed by atoms with E-state index in [0.717, 1.165) is 35.5 Å². The van der Waals surface area contributed by atoms with Crippen molar-refractivity contribution in [1.82, 2.24) is 0 Å². The Morgan fingerprint density at radius 2 is 1.41 bits per heavy atom. The summed E-state index contributed by atoms with van der Waals surface area (Å²) in [6.07, 6.45) is 26.6. The van der Waals surface area contributed by atoms with Crippen LogP contribution in [0.4, 0.5) is 0 Å². The topological polar surface area (TPSA) is 0 Å². The van der Waals surface area contributed by atoms with Gasteiger partial charge in [-0.1, -0.05) is 133 Å². The zero-order valence-corrected chi connectivity index (χ0v) is 27.9. The summed E-state index contributed by atoms with van der Waals surface area (Å²) in [5.41, 5.74) is 3.10. The zero-order chi connectivity index (χ0) is 28.1. The first-order valence-electron chi connectivity index (χ1n) is 17.5. The SMILES string of the molecule is C1CCC1.CC.CC.CC.CC(C)CCCCC1CCC2C3CC=C4CC(C)CCC4(C)C3CCC12C. The monoisotopic (exact) mass is 517 g/mol. The molecule has 7 atom stereocenters. The molecule has 0 aromatic carbocycles. The van der Waals surface area contributed by atoms with Crippen LogP contribution in [0.2, 0.25) is 0 Å². The van der Waals surface area contributed by atoms with Gasteiger partial charge in [0, 0.05) is 0 Å². The number of hydrogen-bond donors (Lipinski definition) is 0. The van der Waals surface area contributed by atoms with Gasteiger partial charge < -0.3 is 0 Å². The maximum absolute atomic E-state index is 2.75. The summed E-state index contributed by atoms with van der Waals surface area (Å²) in [6, 6.07) is 0. The van der Waals surface area contributed by atoms with E-state index >= 15 is 0 Å². The van der Waals surface area contributed by atoms with Gasteiger partial charge in [0.05, 0.1) is 0 Å². The Balaban J connectivity index is 0.000000593. The van der Waals surface area contributed by atoms with Crippen molar-refractivity contribution in [2.24, 2.45) is 46.3 Å². The highest BCUT2D eigenvalue weighted by Gasteiger charge is 2.58. The highest BCUT2D eigenvalue weighted by atomic mass is 14.6. The summed E-state index contributed by atoms with van der Waals surface area (Å²) >= 11 is 0. The molecule has 0 nitrogen and oxygen atoms in total. The van der Waals surface area contributed by atoms with Gasteiger partial charge in [-0.2, -0.15) is 0 Å². The summed E-state index contributed by atoms with van der Waals surface area (Å²) in [7, 11) is 0. The molecule has 4 saturated carbocycles.